The molecule has 0 spiro atoms. The summed E-state index contributed by atoms with van der Waals surface area (Å²) in [5, 5.41) is 13.0. The van der Waals surface area contributed by atoms with E-state index in [0.29, 0.717) is 0 Å². The fourth-order valence-corrected chi connectivity index (χ4v) is 2.84. The summed E-state index contributed by atoms with van der Waals surface area (Å²) in [5.41, 5.74) is -0.0372. The van der Waals surface area contributed by atoms with Crippen molar-refractivity contribution < 1.29 is 5.11 Å². The minimum absolute atomic E-state index is 0.0372. The molecule has 0 aromatic heterocycles. The van der Waals surface area contributed by atoms with Crippen molar-refractivity contribution in [2.75, 3.05) is 32.8 Å². The van der Waals surface area contributed by atoms with E-state index in [2.05, 4.69) is 24.1 Å². The molecule has 1 unspecified atom stereocenters. The molecule has 1 aliphatic heterocycles. The Bertz CT molecular complexity index is 187. The third-order valence-electron chi connectivity index (χ3n) is 4.11. The van der Waals surface area contributed by atoms with E-state index >= 15 is 0 Å². The third kappa shape index (κ3) is 4.94. The van der Waals surface area contributed by atoms with Crippen molar-refractivity contribution in [3.8, 4) is 0 Å². The second-order valence-electron chi connectivity index (χ2n) is 5.33. The molecule has 1 rings (SSSR count). The number of hydrogen-bond donors (Lipinski definition) is 2. The van der Waals surface area contributed by atoms with Gasteiger partial charge in [0.1, 0.15) is 0 Å². The maximum Gasteiger partial charge on any atom is 0.0613 e. The molecule has 0 bridgehead atoms. The van der Waals surface area contributed by atoms with E-state index in [1.807, 2.05) is 0 Å². The number of nitrogens with zero attached hydrogens (tertiary/aromatic N) is 1. The Morgan fingerprint density at radius 1 is 1.18 bits per heavy atom. The predicted octanol–water partition coefficient (Wildman–Crippen LogP) is 2.00. The fraction of sp³-hybridized carbons (Fsp3) is 1.00. The molecule has 1 atom stereocenters. The Balaban J connectivity index is 2.25. The summed E-state index contributed by atoms with van der Waals surface area (Å²) in [4.78, 5) is 2.58. The molecule has 1 heterocycles. The smallest absolute Gasteiger partial charge is 0.0613 e. The Labute approximate surface area is 107 Å². The zero-order valence-corrected chi connectivity index (χ0v) is 11.7. The number of piperidine rings is 1. The van der Waals surface area contributed by atoms with Gasteiger partial charge < -0.3 is 15.3 Å². The standard InChI is InChI=1S/C14H30N2O/c1-3-14(13-17,15-4-2)9-8-12-16-10-6-5-7-11-16/h15,17H,3-13H2,1-2H3. The van der Waals surface area contributed by atoms with Crippen LogP contribution in [0.2, 0.25) is 0 Å². The lowest BCUT2D eigenvalue weighted by Gasteiger charge is -2.33. The molecule has 3 heteroatoms. The van der Waals surface area contributed by atoms with Gasteiger partial charge in [-0.3, -0.25) is 0 Å². The van der Waals surface area contributed by atoms with Gasteiger partial charge in [0.25, 0.3) is 0 Å². The first-order valence-electron chi connectivity index (χ1n) is 7.34. The molecule has 0 aromatic rings. The van der Waals surface area contributed by atoms with E-state index in [9.17, 15) is 5.11 Å². The van der Waals surface area contributed by atoms with E-state index in [1.54, 1.807) is 0 Å². The number of nitrogens with one attached hydrogen (secondary N) is 1. The van der Waals surface area contributed by atoms with Gasteiger partial charge in [-0.15, -0.1) is 0 Å². The van der Waals surface area contributed by atoms with Gasteiger partial charge in [-0.25, -0.2) is 0 Å². The maximum atomic E-state index is 9.57. The van der Waals surface area contributed by atoms with Gasteiger partial charge in [0, 0.05) is 5.54 Å². The van der Waals surface area contributed by atoms with Gasteiger partial charge in [-0.2, -0.15) is 0 Å². The highest BCUT2D eigenvalue weighted by molar-refractivity contribution is 4.86. The van der Waals surface area contributed by atoms with Gasteiger partial charge in [0.2, 0.25) is 0 Å². The Hall–Kier alpha value is -0.120. The van der Waals surface area contributed by atoms with Crippen molar-refractivity contribution in [3.05, 3.63) is 0 Å². The first-order valence-corrected chi connectivity index (χ1v) is 7.34. The molecule has 17 heavy (non-hydrogen) atoms. The molecule has 1 fully saturated rings. The minimum atomic E-state index is -0.0372. The second-order valence-corrected chi connectivity index (χ2v) is 5.33. The molecule has 102 valence electrons. The average molecular weight is 242 g/mol. The SMILES string of the molecule is CCNC(CC)(CO)CCCN1CCCCC1. The molecule has 0 radical (unpaired) electrons. The summed E-state index contributed by atoms with van der Waals surface area (Å²) in [7, 11) is 0. The van der Waals surface area contributed by atoms with Crippen LogP contribution in [0.15, 0.2) is 0 Å². The first-order chi connectivity index (χ1) is 8.26. The summed E-state index contributed by atoms with van der Waals surface area (Å²) in [5.74, 6) is 0. The number of aliphatic hydroxyl groups excluding tert-OH is 1. The summed E-state index contributed by atoms with van der Waals surface area (Å²) < 4.78 is 0. The topological polar surface area (TPSA) is 35.5 Å². The number of aliphatic hydroxyl groups is 1. The van der Waals surface area contributed by atoms with Crippen molar-refractivity contribution in [2.45, 2.75) is 57.9 Å². The van der Waals surface area contributed by atoms with Gasteiger partial charge in [0.05, 0.1) is 6.61 Å². The molecule has 0 aliphatic carbocycles. The zero-order valence-electron chi connectivity index (χ0n) is 11.7. The summed E-state index contributed by atoms with van der Waals surface area (Å²) in [6.45, 7) is 9.24. The highest BCUT2D eigenvalue weighted by Crippen LogP contribution is 2.18. The Morgan fingerprint density at radius 3 is 2.41 bits per heavy atom. The highest BCUT2D eigenvalue weighted by Gasteiger charge is 2.25. The second kappa shape index (κ2) is 8.06. The third-order valence-corrected chi connectivity index (χ3v) is 4.11. The van der Waals surface area contributed by atoms with Gasteiger partial charge in [-0.05, 0) is 58.3 Å². The molecule has 0 amide bonds. The number of rotatable bonds is 8. The minimum Gasteiger partial charge on any atom is -0.394 e. The first kappa shape index (κ1) is 14.9. The maximum absolute atomic E-state index is 9.57. The van der Waals surface area contributed by atoms with E-state index in [4.69, 9.17) is 0 Å². The molecular formula is C14H30N2O. The van der Waals surface area contributed by atoms with E-state index < -0.39 is 0 Å². The molecule has 3 nitrogen and oxygen atoms in total. The lowest BCUT2D eigenvalue weighted by atomic mass is 9.91. The number of hydrogen-bond acceptors (Lipinski definition) is 3. The quantitative estimate of drug-likeness (QED) is 0.683. The molecule has 0 saturated carbocycles. The van der Waals surface area contributed by atoms with Crippen LogP contribution in [-0.4, -0.2) is 48.3 Å². The van der Waals surface area contributed by atoms with Crippen LogP contribution in [0.5, 0.6) is 0 Å². The Morgan fingerprint density at radius 2 is 1.88 bits per heavy atom. The molecule has 2 N–H and O–H groups in total. The van der Waals surface area contributed by atoms with Crippen LogP contribution in [-0.2, 0) is 0 Å². The summed E-state index contributed by atoms with van der Waals surface area (Å²) in [6, 6.07) is 0. The van der Waals surface area contributed by atoms with Crippen LogP contribution in [0.1, 0.15) is 52.4 Å². The van der Waals surface area contributed by atoms with Crippen molar-refractivity contribution in [1.29, 1.82) is 0 Å². The van der Waals surface area contributed by atoms with Gasteiger partial charge >= 0.3 is 0 Å². The van der Waals surface area contributed by atoms with E-state index in [-0.39, 0.29) is 12.1 Å². The molecule has 1 saturated heterocycles. The van der Waals surface area contributed by atoms with Crippen molar-refractivity contribution in [2.24, 2.45) is 0 Å². The van der Waals surface area contributed by atoms with E-state index in [1.165, 1.54) is 45.3 Å². The molecule has 1 aliphatic rings. The summed E-state index contributed by atoms with van der Waals surface area (Å²) >= 11 is 0. The van der Waals surface area contributed by atoms with Crippen LogP contribution in [0.4, 0.5) is 0 Å². The lowest BCUT2D eigenvalue weighted by molar-refractivity contribution is 0.137. The van der Waals surface area contributed by atoms with E-state index in [0.717, 1.165) is 19.4 Å². The normalized spacial score (nSPS) is 21.4. The predicted molar refractivity (Wildman–Crippen MR) is 73.3 cm³/mol. The van der Waals surface area contributed by atoms with Crippen LogP contribution >= 0.6 is 0 Å². The van der Waals surface area contributed by atoms with Crippen molar-refractivity contribution in [1.82, 2.24) is 10.2 Å². The van der Waals surface area contributed by atoms with Crippen molar-refractivity contribution in [3.63, 3.8) is 0 Å². The molecule has 0 aromatic carbocycles. The van der Waals surface area contributed by atoms with Gasteiger partial charge in [-0.1, -0.05) is 20.3 Å². The molecular weight excluding hydrogens is 212 g/mol. The van der Waals surface area contributed by atoms with Crippen LogP contribution in [0, 0.1) is 0 Å². The summed E-state index contributed by atoms with van der Waals surface area (Å²) in [6.07, 6.45) is 7.44. The lowest BCUT2D eigenvalue weighted by Crippen LogP contribution is -2.48. The zero-order chi connectivity index (χ0) is 12.6. The number of likely N-dealkylation sites (N-methyl/N-ethyl adjacent to an activating group) is 1. The highest BCUT2D eigenvalue weighted by atomic mass is 16.3. The van der Waals surface area contributed by atoms with Crippen molar-refractivity contribution >= 4 is 0 Å². The Kier molecular flexibility index (Phi) is 7.09. The average Bonchev–Trinajstić information content (AvgIpc) is 2.39. The van der Waals surface area contributed by atoms with Gasteiger partial charge in [0.15, 0.2) is 0 Å². The monoisotopic (exact) mass is 242 g/mol. The largest absolute Gasteiger partial charge is 0.394 e. The van der Waals surface area contributed by atoms with Crippen LogP contribution in [0.25, 0.3) is 0 Å². The van der Waals surface area contributed by atoms with Crippen LogP contribution in [0.3, 0.4) is 0 Å². The van der Waals surface area contributed by atoms with Crippen LogP contribution < -0.4 is 5.32 Å². The fourth-order valence-electron chi connectivity index (χ4n) is 2.84. The number of likely N-dealkylation sites (tertiary alicyclic amines) is 1.